The third-order valence-electron chi connectivity index (χ3n) is 4.64. The monoisotopic (exact) mass is 469 g/mol. The Morgan fingerprint density at radius 2 is 1.75 bits per heavy atom. The number of hydrogen-bond donors (Lipinski definition) is 0. The molecule has 1 heterocycles. The quantitative estimate of drug-likeness (QED) is 0.476. The van der Waals surface area contributed by atoms with Gasteiger partial charge in [-0.05, 0) is 29.8 Å². The fourth-order valence-electron chi connectivity index (χ4n) is 3.10. The van der Waals surface area contributed by atoms with Crippen LogP contribution >= 0.6 is 15.9 Å². The van der Waals surface area contributed by atoms with Crippen molar-refractivity contribution in [1.82, 2.24) is 9.21 Å². The minimum atomic E-state index is -3.80. The van der Waals surface area contributed by atoms with Crippen molar-refractivity contribution in [2.24, 2.45) is 0 Å². The molecule has 150 valence electrons. The van der Waals surface area contributed by atoms with Gasteiger partial charge in [0, 0.05) is 43.3 Å². The second kappa shape index (κ2) is 8.56. The summed E-state index contributed by atoms with van der Waals surface area (Å²) in [5.74, 6) is 0.0308. The number of ether oxygens (including phenoxy) is 1. The van der Waals surface area contributed by atoms with Crippen molar-refractivity contribution in [2.75, 3.05) is 33.3 Å². The van der Waals surface area contributed by atoms with Gasteiger partial charge in [-0.25, -0.2) is 8.42 Å². The van der Waals surface area contributed by atoms with E-state index in [4.69, 9.17) is 4.74 Å². The van der Waals surface area contributed by atoms with Gasteiger partial charge in [-0.1, -0.05) is 28.1 Å². The van der Waals surface area contributed by atoms with E-state index in [2.05, 4.69) is 20.8 Å². The first-order chi connectivity index (χ1) is 13.3. The molecule has 10 heteroatoms. The number of nitro benzene ring substituents is 1. The first kappa shape index (κ1) is 20.7. The smallest absolute Gasteiger partial charge is 0.312 e. The summed E-state index contributed by atoms with van der Waals surface area (Å²) in [5.41, 5.74) is 0.794. The third kappa shape index (κ3) is 4.52. The van der Waals surface area contributed by atoms with Crippen molar-refractivity contribution in [1.29, 1.82) is 0 Å². The molecular formula is C18H20BrN3O5S. The molecule has 0 atom stereocenters. The van der Waals surface area contributed by atoms with E-state index in [1.807, 2.05) is 24.3 Å². The molecule has 0 saturated carbocycles. The lowest BCUT2D eigenvalue weighted by molar-refractivity contribution is -0.386. The Labute approximate surface area is 172 Å². The zero-order chi connectivity index (χ0) is 20.3. The number of rotatable bonds is 6. The molecule has 1 saturated heterocycles. The summed E-state index contributed by atoms with van der Waals surface area (Å²) in [6.07, 6.45) is 0. The maximum absolute atomic E-state index is 12.9. The number of sulfonamides is 1. The normalized spacial score (nSPS) is 16.1. The predicted octanol–water partition coefficient (Wildman–Crippen LogP) is 2.87. The van der Waals surface area contributed by atoms with E-state index < -0.39 is 14.9 Å². The predicted molar refractivity (Wildman–Crippen MR) is 108 cm³/mol. The van der Waals surface area contributed by atoms with Gasteiger partial charge in [0.25, 0.3) is 0 Å². The topological polar surface area (TPSA) is 93.0 Å². The van der Waals surface area contributed by atoms with Gasteiger partial charge < -0.3 is 4.74 Å². The molecule has 0 aliphatic carbocycles. The third-order valence-corrected chi connectivity index (χ3v) is 7.06. The number of benzene rings is 2. The molecule has 2 aromatic rings. The minimum Gasteiger partial charge on any atom is -0.490 e. The molecule has 0 amide bonds. The van der Waals surface area contributed by atoms with E-state index in [1.54, 1.807) is 0 Å². The number of piperazine rings is 1. The molecule has 0 radical (unpaired) electrons. The Kier molecular flexibility index (Phi) is 6.33. The molecule has 0 unspecified atom stereocenters. The van der Waals surface area contributed by atoms with Crippen LogP contribution in [0.4, 0.5) is 5.69 Å². The Morgan fingerprint density at radius 3 is 2.32 bits per heavy atom. The van der Waals surface area contributed by atoms with Crippen LogP contribution in [0.1, 0.15) is 5.56 Å². The largest absolute Gasteiger partial charge is 0.490 e. The highest BCUT2D eigenvalue weighted by atomic mass is 79.9. The van der Waals surface area contributed by atoms with Crippen LogP contribution in [0, 0.1) is 10.1 Å². The molecule has 3 rings (SSSR count). The van der Waals surface area contributed by atoms with Gasteiger partial charge in [0.15, 0.2) is 5.75 Å². The van der Waals surface area contributed by atoms with E-state index in [0.717, 1.165) is 22.6 Å². The SMILES string of the molecule is COc1ccc(S(=O)(=O)N2CCN(Cc3ccc(Br)cc3)CC2)cc1[N+](=O)[O-]. The van der Waals surface area contributed by atoms with Crippen molar-refractivity contribution in [3.63, 3.8) is 0 Å². The summed E-state index contributed by atoms with van der Waals surface area (Å²) in [6.45, 7) is 2.59. The molecule has 0 aromatic heterocycles. The Bertz CT molecular complexity index is 958. The van der Waals surface area contributed by atoms with Crippen LogP contribution in [-0.2, 0) is 16.6 Å². The van der Waals surface area contributed by atoms with Gasteiger partial charge in [-0.2, -0.15) is 4.31 Å². The second-order valence-electron chi connectivity index (χ2n) is 6.40. The Balaban J connectivity index is 1.70. The lowest BCUT2D eigenvalue weighted by Crippen LogP contribution is -2.48. The van der Waals surface area contributed by atoms with Gasteiger partial charge >= 0.3 is 5.69 Å². The Morgan fingerprint density at radius 1 is 1.11 bits per heavy atom. The fourth-order valence-corrected chi connectivity index (χ4v) is 4.81. The van der Waals surface area contributed by atoms with Gasteiger partial charge in [0.2, 0.25) is 10.0 Å². The van der Waals surface area contributed by atoms with Gasteiger partial charge in [0.05, 0.1) is 16.9 Å². The lowest BCUT2D eigenvalue weighted by atomic mass is 10.2. The number of methoxy groups -OCH3 is 1. The van der Waals surface area contributed by atoms with Crippen LogP contribution in [0.15, 0.2) is 51.8 Å². The van der Waals surface area contributed by atoms with Crippen LogP contribution in [0.3, 0.4) is 0 Å². The molecule has 1 fully saturated rings. The van der Waals surface area contributed by atoms with Crippen LogP contribution in [0.25, 0.3) is 0 Å². The lowest BCUT2D eigenvalue weighted by Gasteiger charge is -2.34. The zero-order valence-electron chi connectivity index (χ0n) is 15.2. The van der Waals surface area contributed by atoms with E-state index in [9.17, 15) is 18.5 Å². The first-order valence-corrected chi connectivity index (χ1v) is 10.8. The molecular weight excluding hydrogens is 450 g/mol. The van der Waals surface area contributed by atoms with E-state index >= 15 is 0 Å². The standard InChI is InChI=1S/C18H20BrN3O5S/c1-27-18-7-6-16(12-17(18)22(23)24)28(25,26)21-10-8-20(9-11-21)13-14-2-4-15(19)5-3-14/h2-7,12H,8-11,13H2,1H3. The Hall–Kier alpha value is -2.01. The van der Waals surface area contributed by atoms with Crippen LogP contribution in [0.5, 0.6) is 5.75 Å². The molecule has 1 aliphatic heterocycles. The van der Waals surface area contributed by atoms with Crippen molar-refractivity contribution in [3.8, 4) is 5.75 Å². The number of nitro groups is 1. The van der Waals surface area contributed by atoms with Crippen LogP contribution in [-0.4, -0.2) is 55.8 Å². The maximum Gasteiger partial charge on any atom is 0.312 e. The average Bonchev–Trinajstić information content (AvgIpc) is 2.69. The highest BCUT2D eigenvalue weighted by Gasteiger charge is 2.30. The fraction of sp³-hybridized carbons (Fsp3) is 0.333. The number of halogens is 1. The summed E-state index contributed by atoms with van der Waals surface area (Å²) in [6, 6.07) is 11.7. The van der Waals surface area contributed by atoms with Crippen LogP contribution in [0.2, 0.25) is 0 Å². The molecule has 0 N–H and O–H groups in total. The van der Waals surface area contributed by atoms with Crippen molar-refractivity contribution in [2.45, 2.75) is 11.4 Å². The average molecular weight is 470 g/mol. The summed E-state index contributed by atoms with van der Waals surface area (Å²) in [7, 11) is -2.50. The second-order valence-corrected chi connectivity index (χ2v) is 9.25. The molecule has 8 nitrogen and oxygen atoms in total. The minimum absolute atomic E-state index is 0.0308. The van der Waals surface area contributed by atoms with Crippen molar-refractivity contribution < 1.29 is 18.1 Å². The summed E-state index contributed by atoms with van der Waals surface area (Å²) in [5, 5.41) is 11.2. The van der Waals surface area contributed by atoms with Crippen LogP contribution < -0.4 is 4.74 Å². The molecule has 0 spiro atoms. The summed E-state index contributed by atoms with van der Waals surface area (Å²) in [4.78, 5) is 12.6. The van der Waals surface area contributed by atoms with Gasteiger partial charge in [0.1, 0.15) is 0 Å². The molecule has 1 aliphatic rings. The maximum atomic E-state index is 12.9. The van der Waals surface area contributed by atoms with E-state index in [0.29, 0.717) is 26.2 Å². The van der Waals surface area contributed by atoms with Gasteiger partial charge in [-0.3, -0.25) is 15.0 Å². The van der Waals surface area contributed by atoms with Crippen molar-refractivity contribution >= 4 is 31.6 Å². The molecule has 2 aromatic carbocycles. The highest BCUT2D eigenvalue weighted by molar-refractivity contribution is 9.10. The summed E-state index contributed by atoms with van der Waals surface area (Å²) < 4.78 is 33.1. The van der Waals surface area contributed by atoms with E-state index in [1.165, 1.54) is 23.5 Å². The van der Waals surface area contributed by atoms with E-state index in [-0.39, 0.29) is 16.3 Å². The number of nitrogens with zero attached hydrogens (tertiary/aromatic N) is 3. The zero-order valence-corrected chi connectivity index (χ0v) is 17.6. The highest BCUT2D eigenvalue weighted by Crippen LogP contribution is 2.30. The number of hydrogen-bond acceptors (Lipinski definition) is 6. The van der Waals surface area contributed by atoms with Crippen molar-refractivity contribution in [3.05, 3.63) is 62.6 Å². The summed E-state index contributed by atoms with van der Waals surface area (Å²) >= 11 is 3.41. The first-order valence-electron chi connectivity index (χ1n) is 8.60. The molecule has 28 heavy (non-hydrogen) atoms. The molecule has 0 bridgehead atoms. The van der Waals surface area contributed by atoms with Gasteiger partial charge in [-0.15, -0.1) is 0 Å².